The van der Waals surface area contributed by atoms with E-state index in [1.165, 1.54) is 48.0 Å². The molecule has 1 heterocycles. The van der Waals surface area contributed by atoms with Crippen LogP contribution in [0.1, 0.15) is 6.92 Å². The van der Waals surface area contributed by atoms with Crippen LogP contribution < -0.4 is 5.32 Å². The van der Waals surface area contributed by atoms with Crippen LogP contribution in [0, 0.1) is 5.82 Å². The highest BCUT2D eigenvalue weighted by Crippen LogP contribution is 2.23. The summed E-state index contributed by atoms with van der Waals surface area (Å²) < 4.78 is 17.8. The maximum Gasteiger partial charge on any atom is 0.252 e. The summed E-state index contributed by atoms with van der Waals surface area (Å²) in [6.45, 7) is 1.65. The SMILES string of the molecule is CO[C@H](C)C(=O)N1CSC[C@@H]1C(=O)Nc1ccc(F)cc1. The van der Waals surface area contributed by atoms with E-state index in [-0.39, 0.29) is 17.6 Å². The number of hydrogen-bond donors (Lipinski definition) is 1. The average molecular weight is 312 g/mol. The third kappa shape index (κ3) is 3.74. The molecule has 1 aliphatic rings. The van der Waals surface area contributed by atoms with E-state index < -0.39 is 12.1 Å². The number of halogens is 1. The minimum Gasteiger partial charge on any atom is -0.372 e. The Hall–Kier alpha value is -1.60. The fourth-order valence-corrected chi connectivity index (χ4v) is 3.13. The van der Waals surface area contributed by atoms with Crippen LogP contribution >= 0.6 is 11.8 Å². The van der Waals surface area contributed by atoms with E-state index in [0.29, 0.717) is 17.3 Å². The lowest BCUT2D eigenvalue weighted by Crippen LogP contribution is -2.48. The molecular formula is C14H17FN2O3S. The molecule has 0 bridgehead atoms. The zero-order valence-corrected chi connectivity index (χ0v) is 12.7. The van der Waals surface area contributed by atoms with Crippen molar-refractivity contribution in [3.05, 3.63) is 30.1 Å². The van der Waals surface area contributed by atoms with Gasteiger partial charge in [-0.25, -0.2) is 4.39 Å². The summed E-state index contributed by atoms with van der Waals surface area (Å²) in [4.78, 5) is 25.9. The molecule has 0 saturated carbocycles. The molecular weight excluding hydrogens is 295 g/mol. The van der Waals surface area contributed by atoms with Gasteiger partial charge in [0, 0.05) is 18.6 Å². The van der Waals surface area contributed by atoms with Gasteiger partial charge in [-0.2, -0.15) is 0 Å². The number of thioether (sulfide) groups is 1. The van der Waals surface area contributed by atoms with Crippen molar-refractivity contribution in [3.63, 3.8) is 0 Å². The Morgan fingerprint density at radius 2 is 2.10 bits per heavy atom. The number of nitrogens with zero attached hydrogens (tertiary/aromatic N) is 1. The molecule has 2 amide bonds. The van der Waals surface area contributed by atoms with Gasteiger partial charge in [-0.3, -0.25) is 9.59 Å². The molecule has 1 aromatic carbocycles. The molecule has 0 unspecified atom stereocenters. The van der Waals surface area contributed by atoms with Crippen molar-refractivity contribution in [1.82, 2.24) is 4.90 Å². The molecule has 1 N–H and O–H groups in total. The van der Waals surface area contributed by atoms with Crippen LogP contribution in [0.4, 0.5) is 10.1 Å². The van der Waals surface area contributed by atoms with Crippen molar-refractivity contribution in [2.24, 2.45) is 0 Å². The molecule has 0 radical (unpaired) electrons. The van der Waals surface area contributed by atoms with Gasteiger partial charge in [0.05, 0.1) is 5.88 Å². The monoisotopic (exact) mass is 312 g/mol. The van der Waals surface area contributed by atoms with Crippen LogP contribution in [0.3, 0.4) is 0 Å². The normalized spacial score (nSPS) is 19.4. The molecule has 0 aliphatic carbocycles. The van der Waals surface area contributed by atoms with Gasteiger partial charge in [-0.05, 0) is 31.2 Å². The molecule has 7 heteroatoms. The molecule has 5 nitrogen and oxygen atoms in total. The van der Waals surface area contributed by atoms with Crippen LogP contribution in [0.15, 0.2) is 24.3 Å². The van der Waals surface area contributed by atoms with Gasteiger partial charge in [0.25, 0.3) is 5.91 Å². The van der Waals surface area contributed by atoms with Crippen LogP contribution in [0.2, 0.25) is 0 Å². The lowest BCUT2D eigenvalue weighted by Gasteiger charge is -2.25. The molecule has 114 valence electrons. The summed E-state index contributed by atoms with van der Waals surface area (Å²) in [7, 11) is 1.46. The lowest BCUT2D eigenvalue weighted by molar-refractivity contribution is -0.144. The Bertz CT molecular complexity index is 523. The van der Waals surface area contributed by atoms with Gasteiger partial charge >= 0.3 is 0 Å². The minimum absolute atomic E-state index is 0.207. The zero-order chi connectivity index (χ0) is 15.4. The highest BCUT2D eigenvalue weighted by molar-refractivity contribution is 7.99. The Kier molecular flexibility index (Phi) is 5.19. The molecule has 1 aliphatic heterocycles. The first-order chi connectivity index (χ1) is 10.0. The van der Waals surface area contributed by atoms with Crippen molar-refractivity contribution in [1.29, 1.82) is 0 Å². The van der Waals surface area contributed by atoms with Gasteiger partial charge in [0.1, 0.15) is 18.0 Å². The van der Waals surface area contributed by atoms with Crippen molar-refractivity contribution in [3.8, 4) is 0 Å². The summed E-state index contributed by atoms with van der Waals surface area (Å²) in [5, 5.41) is 2.70. The standard InChI is InChI=1S/C14H17FN2O3S/c1-9(20-2)14(19)17-8-21-7-12(17)13(18)16-11-5-3-10(15)4-6-11/h3-6,9,12H,7-8H2,1-2H3,(H,16,18)/t9-,12-/m1/s1. The van der Waals surface area contributed by atoms with E-state index in [0.717, 1.165) is 0 Å². The fraction of sp³-hybridized carbons (Fsp3) is 0.429. The Morgan fingerprint density at radius 3 is 2.71 bits per heavy atom. The van der Waals surface area contributed by atoms with Crippen LogP contribution in [0.25, 0.3) is 0 Å². The maximum absolute atomic E-state index is 12.8. The van der Waals surface area contributed by atoms with Crippen LogP contribution in [-0.2, 0) is 14.3 Å². The molecule has 1 saturated heterocycles. The topological polar surface area (TPSA) is 58.6 Å². The van der Waals surface area contributed by atoms with Crippen molar-refractivity contribution >= 4 is 29.3 Å². The predicted octanol–water partition coefficient (Wildman–Crippen LogP) is 1.70. The van der Waals surface area contributed by atoms with Crippen molar-refractivity contribution < 1.29 is 18.7 Å². The second-order valence-electron chi connectivity index (χ2n) is 4.70. The fourth-order valence-electron chi connectivity index (χ4n) is 1.97. The van der Waals surface area contributed by atoms with Crippen molar-refractivity contribution in [2.75, 3.05) is 24.1 Å². The van der Waals surface area contributed by atoms with Gasteiger partial charge in [-0.15, -0.1) is 11.8 Å². The summed E-state index contributed by atoms with van der Waals surface area (Å²) in [6.07, 6.45) is -0.579. The molecule has 1 fully saturated rings. The summed E-state index contributed by atoms with van der Waals surface area (Å²) in [5.74, 6) is 0.156. The Morgan fingerprint density at radius 1 is 1.43 bits per heavy atom. The van der Waals surface area contributed by atoms with Crippen LogP contribution in [-0.4, -0.2) is 47.6 Å². The first-order valence-corrected chi connectivity index (χ1v) is 7.66. The minimum atomic E-state index is -0.579. The van der Waals surface area contributed by atoms with Gasteiger partial charge < -0.3 is 15.0 Å². The highest BCUT2D eigenvalue weighted by atomic mass is 32.2. The average Bonchev–Trinajstić information content (AvgIpc) is 2.97. The number of carbonyl (C=O) groups excluding carboxylic acids is 2. The van der Waals surface area contributed by atoms with Gasteiger partial charge in [-0.1, -0.05) is 0 Å². The maximum atomic E-state index is 12.8. The summed E-state index contributed by atoms with van der Waals surface area (Å²) >= 11 is 1.52. The molecule has 2 rings (SSSR count). The number of rotatable bonds is 4. The van der Waals surface area contributed by atoms with E-state index in [1.54, 1.807) is 6.92 Å². The number of methoxy groups -OCH3 is 1. The highest BCUT2D eigenvalue weighted by Gasteiger charge is 2.36. The second kappa shape index (κ2) is 6.91. The van der Waals surface area contributed by atoms with E-state index in [2.05, 4.69) is 5.32 Å². The number of nitrogens with one attached hydrogen (secondary N) is 1. The molecule has 0 spiro atoms. The largest absolute Gasteiger partial charge is 0.372 e. The summed E-state index contributed by atoms with van der Waals surface area (Å²) in [5.41, 5.74) is 0.505. The third-order valence-electron chi connectivity index (χ3n) is 3.28. The molecule has 1 aromatic rings. The first-order valence-electron chi connectivity index (χ1n) is 6.50. The van der Waals surface area contributed by atoms with E-state index in [4.69, 9.17) is 4.74 Å². The van der Waals surface area contributed by atoms with E-state index >= 15 is 0 Å². The van der Waals surface area contributed by atoms with E-state index in [9.17, 15) is 14.0 Å². The van der Waals surface area contributed by atoms with Gasteiger partial charge in [0.2, 0.25) is 5.91 Å². The van der Waals surface area contributed by atoms with E-state index in [1.807, 2.05) is 0 Å². The lowest BCUT2D eigenvalue weighted by atomic mass is 10.2. The number of benzene rings is 1. The summed E-state index contributed by atoms with van der Waals surface area (Å²) in [6, 6.07) is 4.98. The number of amides is 2. The molecule has 0 aromatic heterocycles. The molecule has 2 atom stereocenters. The predicted molar refractivity (Wildman–Crippen MR) is 79.5 cm³/mol. The quantitative estimate of drug-likeness (QED) is 0.919. The first kappa shape index (κ1) is 15.8. The van der Waals surface area contributed by atoms with Crippen LogP contribution in [0.5, 0.6) is 0 Å². The second-order valence-corrected chi connectivity index (χ2v) is 5.70. The van der Waals surface area contributed by atoms with Gasteiger partial charge in [0.15, 0.2) is 0 Å². The Labute approximate surface area is 126 Å². The van der Waals surface area contributed by atoms with Crippen molar-refractivity contribution in [2.45, 2.75) is 19.1 Å². The number of ether oxygens (including phenoxy) is 1. The zero-order valence-electron chi connectivity index (χ0n) is 11.8. The smallest absolute Gasteiger partial charge is 0.252 e. The number of hydrogen-bond acceptors (Lipinski definition) is 4. The Balaban J connectivity index is 2.03. The number of carbonyl (C=O) groups is 2. The number of anilines is 1. The third-order valence-corrected chi connectivity index (χ3v) is 4.29. The molecule has 21 heavy (non-hydrogen) atoms.